The minimum atomic E-state index is 0.00111. The molecule has 2 rings (SSSR count). The highest BCUT2D eigenvalue weighted by Gasteiger charge is 2.05. The van der Waals surface area contributed by atoms with E-state index in [-0.39, 0.29) is 5.78 Å². The number of allylic oxidation sites excluding steroid dienone is 1. The van der Waals surface area contributed by atoms with E-state index in [0.29, 0.717) is 0 Å². The van der Waals surface area contributed by atoms with E-state index < -0.39 is 0 Å². The SMILES string of the molecule is C=CC(=O)c1cc2ccccc2s1. The summed E-state index contributed by atoms with van der Waals surface area (Å²) in [5.74, 6) is 0.00111. The molecule has 2 aromatic rings. The molecule has 0 spiro atoms. The van der Waals surface area contributed by atoms with Crippen LogP contribution in [0, 0.1) is 0 Å². The van der Waals surface area contributed by atoms with Crippen molar-refractivity contribution in [1.82, 2.24) is 0 Å². The van der Waals surface area contributed by atoms with Gasteiger partial charge < -0.3 is 0 Å². The molecule has 1 aromatic carbocycles. The summed E-state index contributed by atoms with van der Waals surface area (Å²) in [5, 5.41) is 1.12. The first-order valence-electron chi connectivity index (χ1n) is 3.96. The van der Waals surface area contributed by atoms with Crippen molar-refractivity contribution in [1.29, 1.82) is 0 Å². The van der Waals surface area contributed by atoms with Gasteiger partial charge in [-0.3, -0.25) is 4.79 Å². The summed E-state index contributed by atoms with van der Waals surface area (Å²) in [6.45, 7) is 3.46. The Morgan fingerprint density at radius 2 is 2.15 bits per heavy atom. The summed E-state index contributed by atoms with van der Waals surface area (Å²) in [6, 6.07) is 9.87. The van der Waals surface area contributed by atoms with Crippen molar-refractivity contribution in [3.8, 4) is 0 Å². The zero-order valence-electron chi connectivity index (χ0n) is 6.99. The normalized spacial score (nSPS) is 10.2. The second-order valence-electron chi connectivity index (χ2n) is 2.72. The third-order valence-electron chi connectivity index (χ3n) is 1.85. The molecule has 0 aliphatic carbocycles. The average molecular weight is 188 g/mol. The molecule has 0 aliphatic heterocycles. The van der Waals surface area contributed by atoms with Gasteiger partial charge in [-0.05, 0) is 23.6 Å². The molecule has 0 unspecified atom stereocenters. The molecule has 0 N–H and O–H groups in total. The van der Waals surface area contributed by atoms with E-state index >= 15 is 0 Å². The highest BCUT2D eigenvalue weighted by Crippen LogP contribution is 2.25. The monoisotopic (exact) mass is 188 g/mol. The smallest absolute Gasteiger partial charge is 0.195 e. The van der Waals surface area contributed by atoms with Gasteiger partial charge in [-0.25, -0.2) is 0 Å². The fourth-order valence-corrected chi connectivity index (χ4v) is 2.20. The Morgan fingerprint density at radius 3 is 2.85 bits per heavy atom. The minimum absolute atomic E-state index is 0.00111. The van der Waals surface area contributed by atoms with Gasteiger partial charge in [0.2, 0.25) is 0 Å². The van der Waals surface area contributed by atoms with Crippen molar-refractivity contribution in [3.05, 3.63) is 47.9 Å². The first-order chi connectivity index (χ1) is 6.31. The topological polar surface area (TPSA) is 17.1 Å². The molecule has 64 valence electrons. The Balaban J connectivity index is 2.62. The lowest BCUT2D eigenvalue weighted by molar-refractivity contribution is 0.105. The van der Waals surface area contributed by atoms with Crippen LogP contribution >= 0.6 is 11.3 Å². The number of hydrogen-bond acceptors (Lipinski definition) is 2. The maximum absolute atomic E-state index is 11.3. The first kappa shape index (κ1) is 8.20. The molecule has 1 nitrogen and oxygen atoms in total. The third kappa shape index (κ3) is 1.40. The molecule has 1 heterocycles. The first-order valence-corrected chi connectivity index (χ1v) is 4.78. The quantitative estimate of drug-likeness (QED) is 0.522. The van der Waals surface area contributed by atoms with Crippen LogP contribution in [-0.4, -0.2) is 5.78 Å². The van der Waals surface area contributed by atoms with Gasteiger partial charge in [0.25, 0.3) is 0 Å². The van der Waals surface area contributed by atoms with Crippen LogP contribution in [0.15, 0.2) is 43.0 Å². The molecule has 0 saturated heterocycles. The standard InChI is InChI=1S/C11H8OS/c1-2-9(12)11-7-8-5-3-4-6-10(8)13-11/h2-7H,1H2. The van der Waals surface area contributed by atoms with Crippen LogP contribution in [0.25, 0.3) is 10.1 Å². The molecular formula is C11H8OS. The number of benzene rings is 1. The van der Waals surface area contributed by atoms with E-state index in [1.54, 1.807) is 0 Å². The van der Waals surface area contributed by atoms with Crippen LogP contribution in [0.2, 0.25) is 0 Å². The van der Waals surface area contributed by atoms with Gasteiger partial charge in [-0.15, -0.1) is 11.3 Å². The predicted molar refractivity (Wildman–Crippen MR) is 56.4 cm³/mol. The van der Waals surface area contributed by atoms with Crippen molar-refractivity contribution >= 4 is 27.2 Å². The van der Waals surface area contributed by atoms with Gasteiger partial charge in [0.1, 0.15) is 0 Å². The van der Waals surface area contributed by atoms with Crippen molar-refractivity contribution in [2.45, 2.75) is 0 Å². The largest absolute Gasteiger partial charge is 0.288 e. The number of ketones is 1. The Morgan fingerprint density at radius 1 is 1.38 bits per heavy atom. The Labute approximate surface area is 80.3 Å². The average Bonchev–Trinajstić information content (AvgIpc) is 2.59. The van der Waals surface area contributed by atoms with Gasteiger partial charge >= 0.3 is 0 Å². The molecular weight excluding hydrogens is 180 g/mol. The second-order valence-corrected chi connectivity index (χ2v) is 3.80. The van der Waals surface area contributed by atoms with Crippen molar-refractivity contribution in [2.75, 3.05) is 0 Å². The number of fused-ring (bicyclic) bond motifs is 1. The van der Waals surface area contributed by atoms with Crippen LogP contribution in [0.3, 0.4) is 0 Å². The van der Waals surface area contributed by atoms with Gasteiger partial charge in [-0.2, -0.15) is 0 Å². The van der Waals surface area contributed by atoms with E-state index in [9.17, 15) is 4.79 Å². The molecule has 0 atom stereocenters. The Hall–Kier alpha value is -1.41. The molecule has 0 radical (unpaired) electrons. The maximum atomic E-state index is 11.3. The highest BCUT2D eigenvalue weighted by atomic mass is 32.1. The second kappa shape index (κ2) is 3.15. The third-order valence-corrected chi connectivity index (χ3v) is 2.98. The number of rotatable bonds is 2. The molecule has 2 heteroatoms. The fraction of sp³-hybridized carbons (Fsp3) is 0. The summed E-state index contributed by atoms with van der Waals surface area (Å²) in [6.07, 6.45) is 1.35. The van der Waals surface area contributed by atoms with E-state index in [0.717, 1.165) is 15.0 Å². The van der Waals surface area contributed by atoms with Crippen molar-refractivity contribution < 1.29 is 4.79 Å². The van der Waals surface area contributed by atoms with Gasteiger partial charge in [-0.1, -0.05) is 24.8 Å². The zero-order chi connectivity index (χ0) is 9.26. The summed E-state index contributed by atoms with van der Waals surface area (Å²) in [5.41, 5.74) is 0. The number of thiophene rings is 1. The maximum Gasteiger partial charge on any atom is 0.195 e. The molecule has 0 aliphatic rings. The van der Waals surface area contributed by atoms with Crippen LogP contribution < -0.4 is 0 Å². The lowest BCUT2D eigenvalue weighted by Gasteiger charge is -1.82. The summed E-state index contributed by atoms with van der Waals surface area (Å²) in [7, 11) is 0. The summed E-state index contributed by atoms with van der Waals surface area (Å²) in [4.78, 5) is 12.0. The molecule has 0 bridgehead atoms. The van der Waals surface area contributed by atoms with Crippen LogP contribution in [0.5, 0.6) is 0 Å². The number of carbonyl (C=O) groups excluding carboxylic acids is 1. The zero-order valence-corrected chi connectivity index (χ0v) is 7.80. The van der Waals surface area contributed by atoms with Crippen LogP contribution in [0.4, 0.5) is 0 Å². The lowest BCUT2D eigenvalue weighted by atomic mass is 10.2. The van der Waals surface area contributed by atoms with Crippen LogP contribution in [0.1, 0.15) is 9.67 Å². The van der Waals surface area contributed by atoms with Gasteiger partial charge in [0.05, 0.1) is 4.88 Å². The molecule has 0 saturated carbocycles. The van der Waals surface area contributed by atoms with Crippen molar-refractivity contribution in [2.24, 2.45) is 0 Å². The fourth-order valence-electron chi connectivity index (χ4n) is 1.20. The lowest BCUT2D eigenvalue weighted by Crippen LogP contribution is -1.86. The predicted octanol–water partition coefficient (Wildman–Crippen LogP) is 3.27. The molecule has 13 heavy (non-hydrogen) atoms. The summed E-state index contributed by atoms with van der Waals surface area (Å²) >= 11 is 1.51. The van der Waals surface area contributed by atoms with Crippen molar-refractivity contribution in [3.63, 3.8) is 0 Å². The molecule has 1 aromatic heterocycles. The summed E-state index contributed by atoms with van der Waals surface area (Å²) < 4.78 is 1.15. The molecule has 0 fully saturated rings. The Bertz CT molecular complexity index is 435. The van der Waals surface area contributed by atoms with E-state index in [1.807, 2.05) is 30.3 Å². The van der Waals surface area contributed by atoms with Gasteiger partial charge in [0, 0.05) is 4.70 Å². The Kier molecular flexibility index (Phi) is 1.99. The molecule has 0 amide bonds. The van der Waals surface area contributed by atoms with E-state index in [2.05, 4.69) is 6.58 Å². The minimum Gasteiger partial charge on any atom is -0.288 e. The van der Waals surface area contributed by atoms with E-state index in [1.165, 1.54) is 17.4 Å². The number of hydrogen-bond donors (Lipinski definition) is 0. The van der Waals surface area contributed by atoms with Crippen LogP contribution in [-0.2, 0) is 0 Å². The van der Waals surface area contributed by atoms with E-state index in [4.69, 9.17) is 0 Å². The highest BCUT2D eigenvalue weighted by molar-refractivity contribution is 7.20. The number of carbonyl (C=O) groups is 1. The van der Waals surface area contributed by atoms with Gasteiger partial charge in [0.15, 0.2) is 5.78 Å².